The number of hydrogen-bond acceptors (Lipinski definition) is 3. The average molecular weight is 365 g/mol. The minimum atomic E-state index is -0.600. The second-order valence-electron chi connectivity index (χ2n) is 8.03. The van der Waals surface area contributed by atoms with Crippen molar-refractivity contribution in [2.75, 3.05) is 6.54 Å². The summed E-state index contributed by atoms with van der Waals surface area (Å²) in [7, 11) is 0. The molecule has 5 nitrogen and oxygen atoms in total. The predicted molar refractivity (Wildman–Crippen MR) is 108 cm³/mol. The van der Waals surface area contributed by atoms with Gasteiger partial charge in [-0.25, -0.2) is 4.79 Å². The molecular formula is C22H27N3O2. The molecule has 0 bridgehead atoms. The fourth-order valence-corrected chi connectivity index (χ4v) is 4.21. The third kappa shape index (κ3) is 3.99. The fraction of sp³-hybridized carbons (Fsp3) is 0.409. The van der Waals surface area contributed by atoms with Gasteiger partial charge in [0.25, 0.3) is 0 Å². The number of hydrogen-bond donors (Lipinski definition) is 4. The molecule has 0 radical (unpaired) electrons. The maximum absolute atomic E-state index is 11.4. The van der Waals surface area contributed by atoms with E-state index in [1.807, 2.05) is 18.2 Å². The van der Waals surface area contributed by atoms with Crippen molar-refractivity contribution in [3.05, 3.63) is 70.1 Å². The minimum Gasteiger partial charge on any atom is -0.387 e. The molecule has 1 saturated carbocycles. The van der Waals surface area contributed by atoms with Crippen LogP contribution in [-0.2, 0) is 0 Å². The van der Waals surface area contributed by atoms with Gasteiger partial charge in [-0.3, -0.25) is 0 Å². The molecule has 1 fully saturated rings. The van der Waals surface area contributed by atoms with Crippen molar-refractivity contribution in [3.8, 4) is 0 Å². The molecule has 1 unspecified atom stereocenters. The summed E-state index contributed by atoms with van der Waals surface area (Å²) < 4.78 is 0. The van der Waals surface area contributed by atoms with Crippen molar-refractivity contribution in [1.29, 1.82) is 0 Å². The summed E-state index contributed by atoms with van der Waals surface area (Å²) in [6, 6.07) is 16.3. The Morgan fingerprint density at radius 1 is 1.11 bits per heavy atom. The summed E-state index contributed by atoms with van der Waals surface area (Å²) in [5.74, 6) is 0.638. The number of benzene rings is 2. The number of fused-ring (bicyclic) bond motifs is 1. The number of aromatic amines is 2. The number of rotatable bonds is 5. The predicted octanol–water partition coefficient (Wildman–Crippen LogP) is 3.60. The molecule has 4 N–H and O–H groups in total. The van der Waals surface area contributed by atoms with Crippen molar-refractivity contribution >= 4 is 11.0 Å². The molecular weight excluding hydrogens is 338 g/mol. The molecule has 1 aliphatic rings. The molecule has 142 valence electrons. The highest BCUT2D eigenvalue weighted by molar-refractivity contribution is 5.75. The van der Waals surface area contributed by atoms with Crippen LogP contribution in [-0.4, -0.2) is 27.2 Å². The monoisotopic (exact) mass is 365 g/mol. The normalized spacial score (nSPS) is 24.1. The molecule has 4 rings (SSSR count). The van der Waals surface area contributed by atoms with Gasteiger partial charge in [-0.15, -0.1) is 0 Å². The highest BCUT2D eigenvalue weighted by Gasteiger charge is 2.31. The number of H-pyrrole nitrogens is 2. The largest absolute Gasteiger partial charge is 0.387 e. The van der Waals surface area contributed by atoms with Gasteiger partial charge in [0.15, 0.2) is 0 Å². The quantitative estimate of drug-likeness (QED) is 0.558. The molecule has 3 aromatic rings. The lowest BCUT2D eigenvalue weighted by Crippen LogP contribution is -2.46. The van der Waals surface area contributed by atoms with Crippen LogP contribution in [0, 0.1) is 0 Å². The molecule has 0 aliphatic heterocycles. The van der Waals surface area contributed by atoms with Crippen molar-refractivity contribution in [2.45, 2.75) is 50.2 Å². The van der Waals surface area contributed by atoms with Crippen LogP contribution >= 0.6 is 0 Å². The van der Waals surface area contributed by atoms with E-state index < -0.39 is 6.10 Å². The molecule has 2 aromatic carbocycles. The van der Waals surface area contributed by atoms with Crippen molar-refractivity contribution in [3.63, 3.8) is 0 Å². The molecule has 0 saturated heterocycles. The zero-order valence-electron chi connectivity index (χ0n) is 15.7. The van der Waals surface area contributed by atoms with E-state index in [1.54, 1.807) is 0 Å². The van der Waals surface area contributed by atoms with E-state index in [9.17, 15) is 9.90 Å². The molecule has 1 heterocycles. The van der Waals surface area contributed by atoms with Gasteiger partial charge in [-0.1, -0.05) is 36.4 Å². The van der Waals surface area contributed by atoms with Gasteiger partial charge >= 0.3 is 5.69 Å². The van der Waals surface area contributed by atoms with E-state index in [0.717, 1.165) is 29.4 Å². The molecule has 27 heavy (non-hydrogen) atoms. The highest BCUT2D eigenvalue weighted by Crippen LogP contribution is 2.37. The van der Waals surface area contributed by atoms with Gasteiger partial charge in [0.1, 0.15) is 0 Å². The summed E-state index contributed by atoms with van der Waals surface area (Å²) in [4.78, 5) is 16.9. The van der Waals surface area contributed by atoms with Gasteiger partial charge < -0.3 is 20.4 Å². The van der Waals surface area contributed by atoms with Crippen LogP contribution < -0.4 is 11.0 Å². The van der Waals surface area contributed by atoms with Crippen molar-refractivity contribution < 1.29 is 5.11 Å². The van der Waals surface area contributed by atoms with Gasteiger partial charge in [0, 0.05) is 12.1 Å². The molecule has 5 heteroatoms. The number of aliphatic hydroxyl groups excluding tert-OH is 1. The Hall–Kier alpha value is -2.37. The zero-order chi connectivity index (χ0) is 18.9. The first-order valence-corrected chi connectivity index (χ1v) is 9.72. The Morgan fingerprint density at radius 2 is 1.81 bits per heavy atom. The number of imidazole rings is 1. The van der Waals surface area contributed by atoms with Crippen LogP contribution in [0.15, 0.2) is 53.3 Å². The molecule has 1 aliphatic carbocycles. The summed E-state index contributed by atoms with van der Waals surface area (Å²) >= 11 is 0. The molecule has 1 aromatic heterocycles. The van der Waals surface area contributed by atoms with Gasteiger partial charge in [-0.05, 0) is 61.8 Å². The van der Waals surface area contributed by atoms with E-state index in [1.165, 1.54) is 18.4 Å². The summed E-state index contributed by atoms with van der Waals surface area (Å²) in [6.07, 6.45) is 3.93. The number of aliphatic hydroxyl groups is 1. The third-order valence-corrected chi connectivity index (χ3v) is 6.01. The van der Waals surface area contributed by atoms with Crippen LogP contribution in [0.25, 0.3) is 11.0 Å². The van der Waals surface area contributed by atoms with Crippen molar-refractivity contribution in [1.82, 2.24) is 15.3 Å². The van der Waals surface area contributed by atoms with Crippen LogP contribution in [0.1, 0.15) is 55.8 Å². The Bertz CT molecular complexity index is 952. The smallest absolute Gasteiger partial charge is 0.323 e. The Labute approximate surface area is 158 Å². The van der Waals surface area contributed by atoms with Crippen LogP contribution in [0.3, 0.4) is 0 Å². The summed E-state index contributed by atoms with van der Waals surface area (Å²) in [6.45, 7) is 2.76. The maximum Gasteiger partial charge on any atom is 0.323 e. The van der Waals surface area contributed by atoms with Gasteiger partial charge in [0.05, 0.1) is 17.1 Å². The topological polar surface area (TPSA) is 80.9 Å². The van der Waals surface area contributed by atoms with Crippen molar-refractivity contribution in [2.24, 2.45) is 0 Å². The fourth-order valence-electron chi connectivity index (χ4n) is 4.21. The van der Waals surface area contributed by atoms with Gasteiger partial charge in [0.2, 0.25) is 0 Å². The average Bonchev–Trinajstić information content (AvgIpc) is 3.06. The first-order valence-electron chi connectivity index (χ1n) is 9.72. The lowest BCUT2D eigenvalue weighted by Gasteiger charge is -2.39. The number of nitrogens with one attached hydrogen (secondary N) is 3. The zero-order valence-corrected chi connectivity index (χ0v) is 15.7. The van der Waals surface area contributed by atoms with E-state index in [4.69, 9.17) is 0 Å². The van der Waals surface area contributed by atoms with E-state index in [2.05, 4.69) is 52.5 Å². The van der Waals surface area contributed by atoms with E-state index >= 15 is 0 Å². The molecule has 1 atom stereocenters. The van der Waals surface area contributed by atoms with Crippen LogP contribution in [0.2, 0.25) is 0 Å². The molecule has 0 amide bonds. The number of β-amino-alcohol motifs (C(OH)–C–C–N with tert-alkyl or cyclic N) is 1. The Balaban J connectivity index is 1.35. The van der Waals surface area contributed by atoms with Crippen LogP contribution in [0.4, 0.5) is 0 Å². The number of aromatic nitrogens is 2. The molecule has 0 spiro atoms. The lowest BCUT2D eigenvalue weighted by molar-refractivity contribution is 0.143. The highest BCUT2D eigenvalue weighted by atomic mass is 16.3. The standard InChI is InChI=1S/C22H27N3O2/c1-22(11-9-16(10-12-22)15-5-3-2-4-6-15)23-14-20(26)17-7-8-18-19(13-17)25-21(27)24-18/h2-8,13,16,20,23,26H,9-12,14H2,1H3,(H2,24,25,27). The Kier molecular flexibility index (Phi) is 4.89. The first kappa shape index (κ1) is 18.0. The van der Waals surface area contributed by atoms with Crippen LogP contribution in [0.5, 0.6) is 0 Å². The summed E-state index contributed by atoms with van der Waals surface area (Å²) in [5.41, 5.74) is 3.57. The second-order valence-corrected chi connectivity index (χ2v) is 8.03. The third-order valence-electron chi connectivity index (χ3n) is 6.01. The first-order chi connectivity index (χ1) is 13.0. The Morgan fingerprint density at radius 3 is 2.56 bits per heavy atom. The minimum absolute atomic E-state index is 0.0543. The maximum atomic E-state index is 11.4. The SMILES string of the molecule is CC1(NCC(O)c2ccc3[nH]c(=O)[nH]c3c2)CCC(c2ccccc2)CC1. The van der Waals surface area contributed by atoms with E-state index in [0.29, 0.717) is 12.5 Å². The summed E-state index contributed by atoms with van der Waals surface area (Å²) in [5, 5.41) is 14.2. The van der Waals surface area contributed by atoms with Gasteiger partial charge in [-0.2, -0.15) is 0 Å². The lowest BCUT2D eigenvalue weighted by atomic mass is 9.75. The second kappa shape index (κ2) is 7.33. The van der Waals surface area contributed by atoms with E-state index in [-0.39, 0.29) is 11.2 Å².